The zero-order chi connectivity index (χ0) is 24.8. The highest BCUT2D eigenvalue weighted by atomic mass is 35.5. The average molecular weight is 525 g/mol. The number of carbonyl (C=O) groups excluding carboxylic acids is 2. The maximum absolute atomic E-state index is 13.4. The van der Waals surface area contributed by atoms with Gasteiger partial charge in [-0.15, -0.1) is 0 Å². The first-order valence-corrected chi connectivity index (χ1v) is 12.9. The Morgan fingerprint density at radius 1 is 1.11 bits per heavy atom. The molecule has 2 amide bonds. The molecule has 2 aliphatic rings. The molecule has 0 radical (unpaired) electrons. The Bertz CT molecular complexity index is 1520. The highest BCUT2D eigenvalue weighted by Gasteiger charge is 2.32. The zero-order valence-electron chi connectivity index (χ0n) is 19.0. The number of fused-ring (bicyclic) bond motifs is 2. The van der Waals surface area contributed by atoms with E-state index >= 15 is 0 Å². The van der Waals surface area contributed by atoms with E-state index in [2.05, 4.69) is 5.10 Å². The van der Waals surface area contributed by atoms with Crippen molar-refractivity contribution in [2.45, 2.75) is 17.6 Å². The van der Waals surface area contributed by atoms with Crippen LogP contribution in [0, 0.1) is 0 Å². The van der Waals surface area contributed by atoms with E-state index in [-0.39, 0.29) is 29.8 Å². The number of hydrogen-bond donors (Lipinski definition) is 0. The summed E-state index contributed by atoms with van der Waals surface area (Å²) in [5.74, 6) is 0.668. The molecule has 0 aliphatic carbocycles. The van der Waals surface area contributed by atoms with Gasteiger partial charge in [-0.05, 0) is 30.3 Å². The number of nitrogens with zero attached hydrogens (tertiary/aromatic N) is 6. The maximum Gasteiger partial charge on any atom is 0.289 e. The maximum atomic E-state index is 13.4. The predicted octanol–water partition coefficient (Wildman–Crippen LogP) is 2.85. The lowest BCUT2D eigenvalue weighted by molar-refractivity contribution is -0.133. The van der Waals surface area contributed by atoms with Gasteiger partial charge in [0.25, 0.3) is 11.5 Å². The fourth-order valence-electron chi connectivity index (χ4n) is 4.62. The number of halogens is 1. The Balaban J connectivity index is 1.18. The van der Waals surface area contributed by atoms with Crippen molar-refractivity contribution in [3.8, 4) is 5.69 Å². The largest absolute Gasteiger partial charge is 0.459 e. The number of amides is 2. The van der Waals surface area contributed by atoms with Crippen LogP contribution in [0.15, 0.2) is 63.2 Å². The Morgan fingerprint density at radius 3 is 2.67 bits per heavy atom. The molecule has 36 heavy (non-hydrogen) atoms. The number of aromatic nitrogens is 4. The standard InChI is InChI=1S/C24H21ClN6O4S/c25-15-3-1-4-16(11-15)31-21-18(13-26-31)22(33)30-17(14-36-24(30)27-21)12-20(32)28-6-8-29(9-7-28)23(34)19-5-2-10-35-19/h1-5,10-11,13,17H,6-9,12,14H2. The summed E-state index contributed by atoms with van der Waals surface area (Å²) in [5, 5.41) is 5.89. The lowest BCUT2D eigenvalue weighted by atomic mass is 10.2. The summed E-state index contributed by atoms with van der Waals surface area (Å²) in [4.78, 5) is 47.1. The van der Waals surface area contributed by atoms with Crippen molar-refractivity contribution >= 4 is 46.2 Å². The van der Waals surface area contributed by atoms with Crippen LogP contribution in [0.1, 0.15) is 23.0 Å². The minimum Gasteiger partial charge on any atom is -0.459 e. The number of piperazine rings is 1. The molecule has 3 aromatic heterocycles. The molecule has 0 saturated carbocycles. The second-order valence-electron chi connectivity index (χ2n) is 8.66. The lowest BCUT2D eigenvalue weighted by Gasteiger charge is -2.34. The van der Waals surface area contributed by atoms with Crippen LogP contribution in [0.4, 0.5) is 0 Å². The van der Waals surface area contributed by atoms with Crippen molar-refractivity contribution in [1.29, 1.82) is 0 Å². The SMILES string of the molecule is O=C(CC1CSc2nc3c(cnn3-c3cccc(Cl)c3)c(=O)n21)N1CCN(C(=O)c2ccco2)CC1. The van der Waals surface area contributed by atoms with Crippen molar-refractivity contribution in [1.82, 2.24) is 29.1 Å². The summed E-state index contributed by atoms with van der Waals surface area (Å²) in [7, 11) is 0. The Hall–Kier alpha value is -3.57. The quantitative estimate of drug-likeness (QED) is 0.378. The Kier molecular flexibility index (Phi) is 5.81. The van der Waals surface area contributed by atoms with Crippen LogP contribution >= 0.6 is 23.4 Å². The van der Waals surface area contributed by atoms with Crippen LogP contribution in [0.5, 0.6) is 0 Å². The zero-order valence-corrected chi connectivity index (χ0v) is 20.6. The van der Waals surface area contributed by atoms with E-state index < -0.39 is 0 Å². The minimum absolute atomic E-state index is 0.0415. The summed E-state index contributed by atoms with van der Waals surface area (Å²) in [6.45, 7) is 1.76. The van der Waals surface area contributed by atoms with Crippen molar-refractivity contribution in [2.75, 3.05) is 31.9 Å². The fraction of sp³-hybridized carbons (Fsp3) is 0.292. The number of thioether (sulfide) groups is 1. The van der Waals surface area contributed by atoms with Crippen LogP contribution in [0.2, 0.25) is 5.02 Å². The monoisotopic (exact) mass is 524 g/mol. The third kappa shape index (κ3) is 3.97. The number of hydrogen-bond acceptors (Lipinski definition) is 7. The van der Waals surface area contributed by atoms with Crippen LogP contribution in [0.3, 0.4) is 0 Å². The fourth-order valence-corrected chi connectivity index (χ4v) is 5.94. The van der Waals surface area contributed by atoms with Gasteiger partial charge in [0.2, 0.25) is 5.91 Å². The highest BCUT2D eigenvalue weighted by Crippen LogP contribution is 2.34. The molecule has 1 unspecified atom stereocenters. The van der Waals surface area contributed by atoms with Gasteiger partial charge in [0.1, 0.15) is 5.39 Å². The number of furan rings is 1. The lowest BCUT2D eigenvalue weighted by Crippen LogP contribution is -2.51. The third-order valence-corrected chi connectivity index (χ3v) is 7.82. The molecule has 1 saturated heterocycles. The molecule has 6 rings (SSSR count). The summed E-state index contributed by atoms with van der Waals surface area (Å²) < 4.78 is 8.41. The molecule has 10 nitrogen and oxygen atoms in total. The molecule has 184 valence electrons. The van der Waals surface area contributed by atoms with Crippen LogP contribution in [-0.4, -0.2) is 72.9 Å². The van der Waals surface area contributed by atoms with Gasteiger partial charge in [0.05, 0.1) is 24.2 Å². The number of benzene rings is 1. The van der Waals surface area contributed by atoms with Crippen molar-refractivity contribution in [3.05, 3.63) is 70.0 Å². The van der Waals surface area contributed by atoms with Crippen LogP contribution in [-0.2, 0) is 4.79 Å². The molecular weight excluding hydrogens is 504 g/mol. The first kappa shape index (κ1) is 22.9. The van der Waals surface area contributed by atoms with Gasteiger partial charge in [-0.2, -0.15) is 5.10 Å². The van der Waals surface area contributed by atoms with E-state index in [1.165, 1.54) is 24.2 Å². The molecule has 4 aromatic rings. The van der Waals surface area contributed by atoms with Crippen molar-refractivity contribution in [2.24, 2.45) is 0 Å². The summed E-state index contributed by atoms with van der Waals surface area (Å²) in [6.07, 6.45) is 3.18. The first-order chi connectivity index (χ1) is 17.5. The second-order valence-corrected chi connectivity index (χ2v) is 10.1. The molecule has 0 spiro atoms. The van der Waals surface area contributed by atoms with Gasteiger partial charge in [0.15, 0.2) is 16.6 Å². The topological polar surface area (TPSA) is 106 Å². The molecule has 1 fully saturated rings. The van der Waals surface area contributed by atoms with E-state index in [1.54, 1.807) is 43.3 Å². The van der Waals surface area contributed by atoms with Gasteiger partial charge in [-0.1, -0.05) is 29.4 Å². The predicted molar refractivity (Wildman–Crippen MR) is 134 cm³/mol. The molecule has 0 N–H and O–H groups in total. The van der Waals surface area contributed by atoms with E-state index in [0.29, 0.717) is 64.6 Å². The second kappa shape index (κ2) is 9.14. The first-order valence-electron chi connectivity index (χ1n) is 11.5. The molecule has 0 bridgehead atoms. The van der Waals surface area contributed by atoms with Gasteiger partial charge >= 0.3 is 0 Å². The van der Waals surface area contributed by atoms with Crippen molar-refractivity contribution < 1.29 is 14.0 Å². The van der Waals surface area contributed by atoms with Crippen molar-refractivity contribution in [3.63, 3.8) is 0 Å². The van der Waals surface area contributed by atoms with Gasteiger partial charge in [0, 0.05) is 43.4 Å². The van der Waals surface area contributed by atoms with Gasteiger partial charge < -0.3 is 14.2 Å². The van der Waals surface area contributed by atoms with Gasteiger partial charge in [-0.25, -0.2) is 9.67 Å². The number of carbonyl (C=O) groups is 2. The van der Waals surface area contributed by atoms with E-state index in [4.69, 9.17) is 21.0 Å². The molecular formula is C24H21ClN6O4S. The van der Waals surface area contributed by atoms with E-state index in [1.807, 2.05) is 12.1 Å². The molecule has 5 heterocycles. The Morgan fingerprint density at radius 2 is 1.92 bits per heavy atom. The molecule has 12 heteroatoms. The normalized spacial score (nSPS) is 17.5. The summed E-state index contributed by atoms with van der Waals surface area (Å²) in [6, 6.07) is 10.2. The molecule has 1 aromatic carbocycles. The Labute approximate surface area is 214 Å². The minimum atomic E-state index is -0.292. The van der Waals surface area contributed by atoms with Crippen LogP contribution < -0.4 is 5.56 Å². The number of rotatable bonds is 4. The van der Waals surface area contributed by atoms with E-state index in [9.17, 15) is 14.4 Å². The van der Waals surface area contributed by atoms with Crippen LogP contribution in [0.25, 0.3) is 16.7 Å². The molecule has 1 atom stereocenters. The summed E-state index contributed by atoms with van der Waals surface area (Å²) in [5.41, 5.74) is 0.971. The van der Waals surface area contributed by atoms with E-state index in [0.717, 1.165) is 0 Å². The smallest absolute Gasteiger partial charge is 0.289 e. The molecule has 2 aliphatic heterocycles. The van der Waals surface area contributed by atoms with Gasteiger partial charge in [-0.3, -0.25) is 19.0 Å². The highest BCUT2D eigenvalue weighted by molar-refractivity contribution is 7.99. The summed E-state index contributed by atoms with van der Waals surface area (Å²) >= 11 is 7.58. The average Bonchev–Trinajstić information content (AvgIpc) is 3.64. The third-order valence-electron chi connectivity index (χ3n) is 6.49.